The number of nitrogens with one attached hydrogen (secondary N) is 1. The molecule has 1 N–H and O–H groups in total. The highest BCUT2D eigenvalue weighted by atomic mass is 35.5. The first-order valence-electron chi connectivity index (χ1n) is 9.32. The van der Waals surface area contributed by atoms with Crippen molar-refractivity contribution in [3.8, 4) is 5.69 Å². The summed E-state index contributed by atoms with van der Waals surface area (Å²) in [5.74, 6) is 0.857. The van der Waals surface area contributed by atoms with E-state index in [1.54, 1.807) is 28.8 Å². The van der Waals surface area contributed by atoms with Crippen LogP contribution in [0.4, 0.5) is 0 Å². The Morgan fingerprint density at radius 3 is 2.36 bits per heavy atom. The van der Waals surface area contributed by atoms with Gasteiger partial charge in [-0.25, -0.2) is 14.5 Å². The van der Waals surface area contributed by atoms with Crippen molar-refractivity contribution in [1.29, 1.82) is 0 Å². The van der Waals surface area contributed by atoms with Gasteiger partial charge in [0.15, 0.2) is 0 Å². The average Bonchev–Trinajstić information content (AvgIpc) is 3.10. The molecule has 1 aromatic heterocycles. The predicted octanol–water partition coefficient (Wildman–Crippen LogP) is 3.54. The van der Waals surface area contributed by atoms with Gasteiger partial charge in [0.25, 0.3) is 5.91 Å². The highest BCUT2D eigenvalue weighted by molar-refractivity contribution is 6.30. The Bertz CT molecular complexity index is 1030. The molecule has 0 saturated carbocycles. The van der Waals surface area contributed by atoms with Crippen molar-refractivity contribution in [2.75, 3.05) is 13.1 Å². The Balaban J connectivity index is 1.50. The Morgan fingerprint density at radius 2 is 1.71 bits per heavy atom. The Labute approximate surface area is 167 Å². The number of aryl methyl sites for hydroxylation is 1. The molecule has 0 aliphatic carbocycles. The largest absolute Gasteiger partial charge is 0.347 e. The maximum atomic E-state index is 12.7. The average molecular weight is 397 g/mol. The molecule has 2 heterocycles. The van der Waals surface area contributed by atoms with Crippen molar-refractivity contribution in [2.45, 2.75) is 25.7 Å². The van der Waals surface area contributed by atoms with Gasteiger partial charge in [-0.2, -0.15) is 5.10 Å². The Kier molecular flexibility index (Phi) is 5.05. The Hall–Kier alpha value is -2.86. The molecule has 0 bridgehead atoms. The molecule has 0 unspecified atom stereocenters. The zero-order valence-corrected chi connectivity index (χ0v) is 16.3. The molecule has 1 fully saturated rings. The maximum absolute atomic E-state index is 12.7. The minimum absolute atomic E-state index is 0.00747. The quantitative estimate of drug-likeness (QED) is 0.736. The molecule has 1 saturated heterocycles. The summed E-state index contributed by atoms with van der Waals surface area (Å²) in [5, 5.41) is 7.47. The summed E-state index contributed by atoms with van der Waals surface area (Å²) < 4.78 is 1.64. The van der Waals surface area contributed by atoms with Crippen molar-refractivity contribution < 1.29 is 4.79 Å². The lowest BCUT2D eigenvalue weighted by Crippen LogP contribution is -2.38. The van der Waals surface area contributed by atoms with Gasteiger partial charge >= 0.3 is 5.69 Å². The van der Waals surface area contributed by atoms with E-state index in [9.17, 15) is 9.59 Å². The van der Waals surface area contributed by atoms with Crippen LogP contribution in [0.15, 0.2) is 53.3 Å². The van der Waals surface area contributed by atoms with E-state index in [2.05, 4.69) is 10.2 Å². The van der Waals surface area contributed by atoms with Gasteiger partial charge in [0.05, 0.1) is 5.69 Å². The molecule has 1 amide bonds. The molecule has 7 heteroatoms. The molecular weight excluding hydrogens is 376 g/mol. The van der Waals surface area contributed by atoms with E-state index in [1.807, 2.05) is 36.1 Å². The summed E-state index contributed by atoms with van der Waals surface area (Å²) in [6.45, 7) is 3.26. The molecule has 4 rings (SSSR count). The standard InChI is InChI=1S/C21H21ClN4O2/c1-14-2-8-18(9-3-14)26-19(23-24-21(26)28)15-10-12-25(13-11-15)20(27)16-4-6-17(22)7-5-16/h2-9,15H,10-13H2,1H3,(H,24,28). The number of aromatic nitrogens is 3. The minimum atomic E-state index is -0.237. The third-order valence-corrected chi connectivity index (χ3v) is 5.48. The van der Waals surface area contributed by atoms with Crippen LogP contribution in [0.5, 0.6) is 0 Å². The number of benzene rings is 2. The first-order chi connectivity index (χ1) is 13.5. The van der Waals surface area contributed by atoms with Gasteiger partial charge in [-0.05, 0) is 56.2 Å². The molecule has 0 radical (unpaired) electrons. The van der Waals surface area contributed by atoms with Crippen LogP contribution in [0.3, 0.4) is 0 Å². The third-order valence-electron chi connectivity index (χ3n) is 5.23. The molecule has 3 aromatic rings. The summed E-state index contributed by atoms with van der Waals surface area (Å²) in [7, 11) is 0. The van der Waals surface area contributed by atoms with Gasteiger partial charge in [-0.3, -0.25) is 4.79 Å². The smallest absolute Gasteiger partial charge is 0.339 e. The number of H-pyrrole nitrogens is 1. The van der Waals surface area contributed by atoms with Gasteiger partial charge in [-0.1, -0.05) is 29.3 Å². The number of aromatic amines is 1. The summed E-state index contributed by atoms with van der Waals surface area (Å²) in [6, 6.07) is 14.8. The number of amides is 1. The van der Waals surface area contributed by atoms with Crippen molar-refractivity contribution in [3.05, 3.63) is 81.0 Å². The second-order valence-corrected chi connectivity index (χ2v) is 7.57. The van der Waals surface area contributed by atoms with Gasteiger partial charge in [0.1, 0.15) is 5.82 Å². The highest BCUT2D eigenvalue weighted by Crippen LogP contribution is 2.28. The third kappa shape index (κ3) is 3.60. The van der Waals surface area contributed by atoms with Gasteiger partial charge in [-0.15, -0.1) is 0 Å². The number of nitrogens with zero attached hydrogens (tertiary/aromatic N) is 3. The summed E-state index contributed by atoms with van der Waals surface area (Å²) in [6.07, 6.45) is 1.52. The number of hydrogen-bond donors (Lipinski definition) is 1. The van der Waals surface area contributed by atoms with E-state index < -0.39 is 0 Å². The summed E-state index contributed by atoms with van der Waals surface area (Å²) in [5.41, 5.74) is 2.34. The van der Waals surface area contributed by atoms with Gasteiger partial charge in [0.2, 0.25) is 0 Å². The monoisotopic (exact) mass is 396 g/mol. The van der Waals surface area contributed by atoms with Crippen LogP contribution in [-0.4, -0.2) is 38.7 Å². The van der Waals surface area contributed by atoms with Crippen LogP contribution in [-0.2, 0) is 0 Å². The van der Waals surface area contributed by atoms with Gasteiger partial charge < -0.3 is 4.90 Å². The highest BCUT2D eigenvalue weighted by Gasteiger charge is 2.28. The van der Waals surface area contributed by atoms with E-state index >= 15 is 0 Å². The van der Waals surface area contributed by atoms with Crippen LogP contribution in [0.1, 0.15) is 40.5 Å². The van der Waals surface area contributed by atoms with Crippen molar-refractivity contribution in [1.82, 2.24) is 19.7 Å². The van der Waals surface area contributed by atoms with E-state index in [0.29, 0.717) is 23.7 Å². The molecule has 0 spiro atoms. The number of carbonyl (C=O) groups is 1. The number of likely N-dealkylation sites (tertiary alicyclic amines) is 1. The van der Waals surface area contributed by atoms with E-state index in [4.69, 9.17) is 11.6 Å². The SMILES string of the molecule is Cc1ccc(-n2c(C3CCN(C(=O)c4ccc(Cl)cc4)CC3)n[nH]c2=O)cc1. The zero-order valence-electron chi connectivity index (χ0n) is 15.6. The molecule has 28 heavy (non-hydrogen) atoms. The van der Waals surface area contributed by atoms with Crippen molar-refractivity contribution >= 4 is 17.5 Å². The lowest BCUT2D eigenvalue weighted by molar-refractivity contribution is 0.0710. The fourth-order valence-electron chi connectivity index (χ4n) is 3.64. The van der Waals surface area contributed by atoms with Crippen LogP contribution in [0, 0.1) is 6.92 Å². The van der Waals surface area contributed by atoms with E-state index in [-0.39, 0.29) is 17.5 Å². The predicted molar refractivity (Wildman–Crippen MR) is 108 cm³/mol. The normalized spacial score (nSPS) is 15.0. The van der Waals surface area contributed by atoms with Crippen molar-refractivity contribution in [2.24, 2.45) is 0 Å². The van der Waals surface area contributed by atoms with Gasteiger partial charge in [0, 0.05) is 29.6 Å². The molecule has 144 valence electrons. The lowest BCUT2D eigenvalue weighted by atomic mass is 9.95. The second kappa shape index (κ2) is 7.64. The number of piperidine rings is 1. The minimum Gasteiger partial charge on any atom is -0.339 e. The summed E-state index contributed by atoms with van der Waals surface area (Å²) in [4.78, 5) is 26.9. The molecular formula is C21H21ClN4O2. The lowest BCUT2D eigenvalue weighted by Gasteiger charge is -2.31. The van der Waals surface area contributed by atoms with Crippen LogP contribution in [0.25, 0.3) is 5.69 Å². The number of rotatable bonds is 3. The van der Waals surface area contributed by atoms with Crippen LogP contribution >= 0.6 is 11.6 Å². The zero-order chi connectivity index (χ0) is 19.7. The van der Waals surface area contributed by atoms with Crippen molar-refractivity contribution in [3.63, 3.8) is 0 Å². The van der Waals surface area contributed by atoms with E-state index in [1.165, 1.54) is 0 Å². The molecule has 6 nitrogen and oxygen atoms in total. The summed E-state index contributed by atoms with van der Waals surface area (Å²) >= 11 is 5.90. The fraction of sp³-hybridized carbons (Fsp3) is 0.286. The Morgan fingerprint density at radius 1 is 1.07 bits per heavy atom. The van der Waals surface area contributed by atoms with Crippen LogP contribution < -0.4 is 5.69 Å². The van der Waals surface area contributed by atoms with E-state index in [0.717, 1.165) is 29.9 Å². The fourth-order valence-corrected chi connectivity index (χ4v) is 3.77. The maximum Gasteiger partial charge on any atom is 0.347 e. The first kappa shape index (κ1) is 18.5. The van der Waals surface area contributed by atoms with Crippen LogP contribution in [0.2, 0.25) is 5.02 Å². The molecule has 0 atom stereocenters. The first-order valence-corrected chi connectivity index (χ1v) is 9.70. The second-order valence-electron chi connectivity index (χ2n) is 7.13. The number of hydrogen-bond acceptors (Lipinski definition) is 3. The molecule has 1 aliphatic heterocycles. The topological polar surface area (TPSA) is 71.0 Å². The molecule has 1 aliphatic rings. The number of halogens is 1. The number of carbonyl (C=O) groups excluding carboxylic acids is 1. The molecule has 2 aromatic carbocycles.